The van der Waals surface area contributed by atoms with Crippen molar-refractivity contribution in [2.75, 3.05) is 6.54 Å². The first-order chi connectivity index (χ1) is 10.1. The molecule has 0 aliphatic heterocycles. The van der Waals surface area contributed by atoms with Crippen molar-refractivity contribution in [2.45, 2.75) is 26.8 Å². The van der Waals surface area contributed by atoms with Gasteiger partial charge in [-0.15, -0.1) is 0 Å². The fourth-order valence-corrected chi connectivity index (χ4v) is 2.32. The van der Waals surface area contributed by atoms with E-state index in [-0.39, 0.29) is 5.82 Å². The molecule has 21 heavy (non-hydrogen) atoms. The summed E-state index contributed by atoms with van der Waals surface area (Å²) in [5.41, 5.74) is 4.31. The van der Waals surface area contributed by atoms with Crippen LogP contribution in [0.25, 0.3) is 11.1 Å². The monoisotopic (exact) mass is 282 g/mol. The van der Waals surface area contributed by atoms with E-state index in [0.717, 1.165) is 41.8 Å². The third-order valence-corrected chi connectivity index (χ3v) is 3.35. The summed E-state index contributed by atoms with van der Waals surface area (Å²) in [4.78, 5) is 0. The maximum absolute atomic E-state index is 13.7. The fraction of sp³-hybridized carbons (Fsp3) is 0.278. The summed E-state index contributed by atoms with van der Waals surface area (Å²) >= 11 is 0. The number of nitrogens with zero attached hydrogens (tertiary/aromatic N) is 1. The molecular weight excluding hydrogens is 263 g/mol. The molecule has 2 nitrogen and oxygen atoms in total. The summed E-state index contributed by atoms with van der Waals surface area (Å²) < 4.78 is 13.7. The predicted octanol–water partition coefficient (Wildman–Crippen LogP) is 4.17. The van der Waals surface area contributed by atoms with E-state index < -0.39 is 0 Å². The Bertz CT molecular complexity index is 671. The molecule has 2 aromatic carbocycles. The lowest BCUT2D eigenvalue weighted by molar-refractivity contribution is 0.627. The van der Waals surface area contributed by atoms with Gasteiger partial charge in [-0.25, -0.2) is 4.39 Å². The van der Waals surface area contributed by atoms with Crippen LogP contribution < -0.4 is 5.32 Å². The molecule has 0 spiro atoms. The lowest BCUT2D eigenvalue weighted by atomic mass is 9.96. The van der Waals surface area contributed by atoms with Crippen LogP contribution in [0.2, 0.25) is 0 Å². The molecule has 0 bridgehead atoms. The first-order valence-corrected chi connectivity index (χ1v) is 7.15. The summed E-state index contributed by atoms with van der Waals surface area (Å²) in [6, 6.07) is 12.6. The van der Waals surface area contributed by atoms with Crippen LogP contribution in [0.4, 0.5) is 4.39 Å². The Morgan fingerprint density at radius 3 is 2.71 bits per heavy atom. The molecular formula is C18H19FN2. The predicted molar refractivity (Wildman–Crippen MR) is 83.3 cm³/mol. The van der Waals surface area contributed by atoms with Gasteiger partial charge in [0.25, 0.3) is 0 Å². The zero-order valence-corrected chi connectivity index (χ0v) is 12.4. The van der Waals surface area contributed by atoms with Crippen LogP contribution in [0, 0.1) is 24.1 Å². The fourth-order valence-electron chi connectivity index (χ4n) is 2.32. The molecule has 0 saturated heterocycles. The average Bonchev–Trinajstić information content (AvgIpc) is 2.48. The number of halogens is 1. The van der Waals surface area contributed by atoms with E-state index in [0.29, 0.717) is 5.56 Å². The van der Waals surface area contributed by atoms with Gasteiger partial charge in [0.15, 0.2) is 0 Å². The van der Waals surface area contributed by atoms with Gasteiger partial charge in [0, 0.05) is 6.54 Å². The highest BCUT2D eigenvalue weighted by molar-refractivity contribution is 5.69. The van der Waals surface area contributed by atoms with Gasteiger partial charge in [-0.1, -0.05) is 30.7 Å². The van der Waals surface area contributed by atoms with E-state index >= 15 is 0 Å². The number of nitriles is 1. The Morgan fingerprint density at radius 2 is 2.00 bits per heavy atom. The number of benzene rings is 2. The molecule has 0 aliphatic carbocycles. The van der Waals surface area contributed by atoms with Crippen molar-refractivity contribution in [2.24, 2.45) is 0 Å². The Hall–Kier alpha value is -2.18. The van der Waals surface area contributed by atoms with Crippen molar-refractivity contribution in [1.82, 2.24) is 5.32 Å². The van der Waals surface area contributed by atoms with Crippen molar-refractivity contribution in [3.63, 3.8) is 0 Å². The van der Waals surface area contributed by atoms with Crippen molar-refractivity contribution in [1.29, 1.82) is 5.26 Å². The second-order valence-electron chi connectivity index (χ2n) is 5.18. The normalized spacial score (nSPS) is 10.4. The molecule has 0 aromatic heterocycles. The number of rotatable bonds is 5. The zero-order chi connectivity index (χ0) is 15.2. The highest BCUT2D eigenvalue weighted by atomic mass is 19.1. The molecule has 0 saturated carbocycles. The topological polar surface area (TPSA) is 35.8 Å². The minimum absolute atomic E-state index is 0.346. The van der Waals surface area contributed by atoms with Crippen molar-refractivity contribution < 1.29 is 4.39 Å². The number of nitrogens with one attached hydrogen (secondary N) is 1. The number of hydrogen-bond acceptors (Lipinski definition) is 2. The molecule has 3 heteroatoms. The molecule has 108 valence electrons. The van der Waals surface area contributed by atoms with E-state index in [1.54, 1.807) is 6.07 Å². The lowest BCUT2D eigenvalue weighted by Crippen LogP contribution is -2.14. The van der Waals surface area contributed by atoms with Gasteiger partial charge in [0.1, 0.15) is 5.82 Å². The van der Waals surface area contributed by atoms with Gasteiger partial charge in [0.05, 0.1) is 11.6 Å². The van der Waals surface area contributed by atoms with Gasteiger partial charge in [-0.3, -0.25) is 0 Å². The molecule has 0 aliphatic rings. The quantitative estimate of drug-likeness (QED) is 0.835. The third kappa shape index (κ3) is 3.90. The van der Waals surface area contributed by atoms with Gasteiger partial charge in [-0.05, 0) is 54.8 Å². The number of hydrogen-bond donors (Lipinski definition) is 1. The summed E-state index contributed by atoms with van der Waals surface area (Å²) in [6.07, 6.45) is 1.07. The summed E-state index contributed by atoms with van der Waals surface area (Å²) in [6.45, 7) is 5.81. The molecule has 0 radical (unpaired) electrons. The third-order valence-electron chi connectivity index (χ3n) is 3.35. The van der Waals surface area contributed by atoms with Crippen LogP contribution in [0.1, 0.15) is 30.0 Å². The molecule has 0 fully saturated rings. The summed E-state index contributed by atoms with van der Waals surface area (Å²) in [7, 11) is 0. The Kier molecular flexibility index (Phi) is 5.08. The highest BCUT2D eigenvalue weighted by Gasteiger charge is 2.08. The van der Waals surface area contributed by atoms with Crippen LogP contribution in [-0.2, 0) is 6.54 Å². The minimum Gasteiger partial charge on any atom is -0.313 e. The van der Waals surface area contributed by atoms with E-state index in [1.807, 2.05) is 19.1 Å². The van der Waals surface area contributed by atoms with E-state index in [9.17, 15) is 4.39 Å². The summed E-state index contributed by atoms with van der Waals surface area (Å²) in [5, 5.41) is 12.4. The highest BCUT2D eigenvalue weighted by Crippen LogP contribution is 2.27. The average molecular weight is 282 g/mol. The Morgan fingerprint density at radius 1 is 1.19 bits per heavy atom. The van der Waals surface area contributed by atoms with Crippen LogP contribution >= 0.6 is 0 Å². The lowest BCUT2D eigenvalue weighted by Gasteiger charge is -2.12. The van der Waals surface area contributed by atoms with Crippen LogP contribution in [0.5, 0.6) is 0 Å². The first kappa shape index (κ1) is 15.2. The van der Waals surface area contributed by atoms with Gasteiger partial charge >= 0.3 is 0 Å². The van der Waals surface area contributed by atoms with Gasteiger partial charge in [-0.2, -0.15) is 5.26 Å². The number of aryl methyl sites for hydroxylation is 1. The zero-order valence-electron chi connectivity index (χ0n) is 12.4. The second kappa shape index (κ2) is 7.01. The molecule has 2 rings (SSSR count). The van der Waals surface area contributed by atoms with E-state index in [4.69, 9.17) is 5.26 Å². The molecule has 0 atom stereocenters. The standard InChI is InChI=1S/C18H19FN2/c1-3-6-21-12-15-5-4-13(2)7-18(15)16-8-14(11-20)9-17(19)10-16/h4-5,7-10,21H,3,6,12H2,1-2H3. The molecule has 0 amide bonds. The maximum atomic E-state index is 13.7. The molecule has 0 unspecified atom stereocenters. The van der Waals surface area contributed by atoms with E-state index in [2.05, 4.69) is 24.4 Å². The first-order valence-electron chi connectivity index (χ1n) is 7.15. The van der Waals surface area contributed by atoms with Crippen molar-refractivity contribution >= 4 is 0 Å². The van der Waals surface area contributed by atoms with Crippen molar-refractivity contribution in [3.05, 3.63) is 58.9 Å². The van der Waals surface area contributed by atoms with Gasteiger partial charge in [0.2, 0.25) is 0 Å². The molecule has 0 heterocycles. The van der Waals surface area contributed by atoms with Crippen LogP contribution in [0.15, 0.2) is 36.4 Å². The molecule has 1 N–H and O–H groups in total. The van der Waals surface area contributed by atoms with Crippen LogP contribution in [0.3, 0.4) is 0 Å². The van der Waals surface area contributed by atoms with Gasteiger partial charge < -0.3 is 5.32 Å². The summed E-state index contributed by atoms with van der Waals surface area (Å²) in [5.74, 6) is -0.377. The van der Waals surface area contributed by atoms with Crippen LogP contribution in [-0.4, -0.2) is 6.54 Å². The Labute approximate surface area is 125 Å². The van der Waals surface area contributed by atoms with Crippen molar-refractivity contribution in [3.8, 4) is 17.2 Å². The molecule has 2 aromatic rings. The minimum atomic E-state index is -0.377. The second-order valence-corrected chi connectivity index (χ2v) is 5.18. The largest absolute Gasteiger partial charge is 0.313 e. The van der Waals surface area contributed by atoms with E-state index in [1.165, 1.54) is 12.1 Å². The smallest absolute Gasteiger partial charge is 0.125 e. The Balaban J connectivity index is 2.44. The maximum Gasteiger partial charge on any atom is 0.125 e. The SMILES string of the molecule is CCCNCc1ccc(C)cc1-c1cc(F)cc(C#N)c1.